The van der Waals surface area contributed by atoms with E-state index in [1.807, 2.05) is 22.6 Å². The number of hydrogen-bond acceptors (Lipinski definition) is 3. The SMILES string of the molecule is Clc1nnc(Cl)c2oc(I)cc12. The van der Waals surface area contributed by atoms with Gasteiger partial charge in [-0.3, -0.25) is 0 Å². The number of nitrogens with zero attached hydrogens (tertiary/aromatic N) is 2. The van der Waals surface area contributed by atoms with Crippen molar-refractivity contribution in [3.8, 4) is 0 Å². The predicted molar refractivity (Wildman–Crippen MR) is 54.5 cm³/mol. The molecule has 0 N–H and O–H groups in total. The van der Waals surface area contributed by atoms with Crippen LogP contribution in [0.1, 0.15) is 0 Å². The van der Waals surface area contributed by atoms with Gasteiger partial charge in [0.2, 0.25) is 0 Å². The molecule has 0 radical (unpaired) electrons. The second-order valence-electron chi connectivity index (χ2n) is 2.07. The van der Waals surface area contributed by atoms with E-state index in [4.69, 9.17) is 27.6 Å². The predicted octanol–water partition coefficient (Wildman–Crippen LogP) is 3.13. The highest BCUT2D eigenvalue weighted by atomic mass is 127. The molecule has 0 aliphatic heterocycles. The van der Waals surface area contributed by atoms with Gasteiger partial charge in [-0.2, -0.15) is 0 Å². The zero-order chi connectivity index (χ0) is 8.72. The fraction of sp³-hybridized carbons (Fsp3) is 0. The molecule has 12 heavy (non-hydrogen) atoms. The molecule has 0 amide bonds. The lowest BCUT2D eigenvalue weighted by atomic mass is 10.4. The van der Waals surface area contributed by atoms with Crippen LogP contribution in [-0.4, -0.2) is 10.2 Å². The van der Waals surface area contributed by atoms with E-state index in [2.05, 4.69) is 10.2 Å². The molecule has 62 valence electrons. The van der Waals surface area contributed by atoms with Crippen LogP contribution >= 0.6 is 45.8 Å². The average Bonchev–Trinajstić information content (AvgIpc) is 2.41. The molecule has 0 fully saturated rings. The minimum Gasteiger partial charge on any atom is -0.447 e. The standard InChI is InChI=1S/C6HCl2IN2O/c7-5-2-1-3(9)12-4(2)6(8)11-10-5/h1H. The second-order valence-corrected chi connectivity index (χ2v) is 3.85. The second kappa shape index (κ2) is 3.01. The van der Waals surface area contributed by atoms with E-state index in [0.29, 0.717) is 19.9 Å². The lowest BCUT2D eigenvalue weighted by molar-refractivity contribution is 0.582. The normalized spacial score (nSPS) is 10.9. The molecular formula is C6HCl2IN2O. The van der Waals surface area contributed by atoms with Gasteiger partial charge in [-0.15, -0.1) is 10.2 Å². The van der Waals surface area contributed by atoms with E-state index >= 15 is 0 Å². The van der Waals surface area contributed by atoms with E-state index in [-0.39, 0.29) is 5.15 Å². The Morgan fingerprint density at radius 2 is 1.92 bits per heavy atom. The minimum atomic E-state index is 0.234. The van der Waals surface area contributed by atoms with Crippen LogP contribution in [0.15, 0.2) is 10.5 Å². The monoisotopic (exact) mass is 314 g/mol. The Bertz CT molecular complexity index is 403. The Morgan fingerprint density at radius 1 is 1.25 bits per heavy atom. The lowest BCUT2D eigenvalue weighted by Crippen LogP contribution is -1.82. The molecule has 3 nitrogen and oxygen atoms in total. The van der Waals surface area contributed by atoms with Crippen molar-refractivity contribution < 1.29 is 4.42 Å². The van der Waals surface area contributed by atoms with Crippen molar-refractivity contribution in [3.63, 3.8) is 0 Å². The first-order valence-corrected chi connectivity index (χ1v) is 4.78. The van der Waals surface area contributed by atoms with Gasteiger partial charge in [-0.05, 0) is 22.6 Å². The summed E-state index contributed by atoms with van der Waals surface area (Å²) < 4.78 is 5.96. The summed E-state index contributed by atoms with van der Waals surface area (Å²) in [7, 11) is 0. The highest BCUT2D eigenvalue weighted by Crippen LogP contribution is 2.29. The van der Waals surface area contributed by atoms with Crippen LogP contribution in [0.4, 0.5) is 0 Å². The fourth-order valence-electron chi connectivity index (χ4n) is 0.855. The number of furan rings is 1. The summed E-state index contributed by atoms with van der Waals surface area (Å²) in [6.45, 7) is 0. The van der Waals surface area contributed by atoms with Crippen molar-refractivity contribution in [2.24, 2.45) is 0 Å². The summed E-state index contributed by atoms with van der Waals surface area (Å²) in [5.41, 5.74) is 0.487. The summed E-state index contributed by atoms with van der Waals surface area (Å²) >= 11 is 13.5. The summed E-state index contributed by atoms with van der Waals surface area (Å²) in [4.78, 5) is 0. The van der Waals surface area contributed by atoms with Crippen LogP contribution in [0.5, 0.6) is 0 Å². The van der Waals surface area contributed by atoms with Crippen molar-refractivity contribution in [2.45, 2.75) is 0 Å². The number of rotatable bonds is 0. The van der Waals surface area contributed by atoms with Crippen LogP contribution in [0.3, 0.4) is 0 Å². The van der Waals surface area contributed by atoms with Crippen molar-refractivity contribution in [2.75, 3.05) is 0 Å². The van der Waals surface area contributed by atoms with Gasteiger partial charge in [0.15, 0.2) is 19.7 Å². The van der Waals surface area contributed by atoms with E-state index in [0.717, 1.165) is 0 Å². The third-order valence-corrected chi connectivity index (χ3v) is 2.40. The Kier molecular flexibility index (Phi) is 2.14. The molecule has 0 spiro atoms. The van der Waals surface area contributed by atoms with Crippen LogP contribution in [0.2, 0.25) is 10.3 Å². The third-order valence-electron chi connectivity index (χ3n) is 1.34. The number of aromatic nitrogens is 2. The largest absolute Gasteiger partial charge is 0.447 e. The van der Waals surface area contributed by atoms with Crippen LogP contribution in [-0.2, 0) is 0 Å². The molecule has 2 aromatic heterocycles. The Labute approximate surface area is 91.2 Å². The molecular weight excluding hydrogens is 314 g/mol. The van der Waals surface area contributed by atoms with Crippen LogP contribution in [0, 0.1) is 3.77 Å². The van der Waals surface area contributed by atoms with Crippen molar-refractivity contribution in [1.29, 1.82) is 0 Å². The summed E-state index contributed by atoms with van der Waals surface area (Å²) in [6.07, 6.45) is 0. The minimum absolute atomic E-state index is 0.234. The molecule has 0 aliphatic carbocycles. The van der Waals surface area contributed by atoms with E-state index < -0.39 is 0 Å². The molecule has 0 unspecified atom stereocenters. The third kappa shape index (κ3) is 1.27. The number of hydrogen-bond donors (Lipinski definition) is 0. The lowest BCUT2D eigenvalue weighted by Gasteiger charge is -1.90. The van der Waals surface area contributed by atoms with Gasteiger partial charge >= 0.3 is 0 Å². The molecule has 2 heterocycles. The first-order valence-electron chi connectivity index (χ1n) is 2.95. The Morgan fingerprint density at radius 3 is 2.58 bits per heavy atom. The smallest absolute Gasteiger partial charge is 0.195 e. The van der Waals surface area contributed by atoms with Gasteiger partial charge in [0, 0.05) is 6.07 Å². The quantitative estimate of drug-likeness (QED) is 0.701. The van der Waals surface area contributed by atoms with Gasteiger partial charge in [0.25, 0.3) is 0 Å². The van der Waals surface area contributed by atoms with Crippen LogP contribution in [0.25, 0.3) is 11.0 Å². The van der Waals surface area contributed by atoms with Crippen molar-refractivity contribution >= 4 is 56.8 Å². The first kappa shape index (κ1) is 8.52. The van der Waals surface area contributed by atoms with E-state index in [1.165, 1.54) is 0 Å². The van der Waals surface area contributed by atoms with Crippen molar-refractivity contribution in [3.05, 3.63) is 20.1 Å². The maximum Gasteiger partial charge on any atom is 0.195 e. The average molecular weight is 315 g/mol. The fourth-order valence-corrected chi connectivity index (χ4v) is 1.74. The zero-order valence-electron chi connectivity index (χ0n) is 5.51. The molecule has 0 atom stereocenters. The highest BCUT2D eigenvalue weighted by Gasteiger charge is 2.10. The number of fused-ring (bicyclic) bond motifs is 1. The summed E-state index contributed by atoms with van der Waals surface area (Å²) in [6, 6.07) is 1.76. The van der Waals surface area contributed by atoms with Gasteiger partial charge in [-0.25, -0.2) is 0 Å². The molecule has 0 saturated carbocycles. The Balaban J connectivity index is 2.93. The summed E-state index contributed by atoms with van der Waals surface area (Å²) in [5.74, 6) is 0. The van der Waals surface area contributed by atoms with Gasteiger partial charge in [0.05, 0.1) is 5.39 Å². The van der Waals surface area contributed by atoms with Gasteiger partial charge in [0.1, 0.15) is 0 Å². The molecule has 2 aromatic rings. The molecule has 0 saturated heterocycles. The van der Waals surface area contributed by atoms with Crippen LogP contribution < -0.4 is 0 Å². The topological polar surface area (TPSA) is 38.9 Å². The molecule has 0 aromatic carbocycles. The van der Waals surface area contributed by atoms with Crippen molar-refractivity contribution in [1.82, 2.24) is 10.2 Å². The molecule has 6 heteroatoms. The first-order chi connectivity index (χ1) is 5.68. The molecule has 0 bridgehead atoms. The highest BCUT2D eigenvalue weighted by molar-refractivity contribution is 14.1. The molecule has 2 rings (SSSR count). The molecule has 0 aliphatic rings. The van der Waals surface area contributed by atoms with E-state index in [9.17, 15) is 0 Å². The number of halogens is 3. The summed E-state index contributed by atoms with van der Waals surface area (Å²) in [5, 5.41) is 8.48. The maximum absolute atomic E-state index is 5.75. The van der Waals surface area contributed by atoms with E-state index in [1.54, 1.807) is 6.07 Å². The van der Waals surface area contributed by atoms with Gasteiger partial charge in [-0.1, -0.05) is 23.2 Å². The Hall–Kier alpha value is -0.0700. The zero-order valence-corrected chi connectivity index (χ0v) is 9.18. The van der Waals surface area contributed by atoms with Gasteiger partial charge < -0.3 is 4.42 Å². The maximum atomic E-state index is 5.75.